The number of rotatable bonds is 6. The van der Waals surface area contributed by atoms with E-state index in [9.17, 15) is 19.7 Å². The summed E-state index contributed by atoms with van der Waals surface area (Å²) in [6.07, 6.45) is 0.203. The second-order valence-corrected chi connectivity index (χ2v) is 4.04. The molecule has 114 valence electrons. The maximum Gasteiger partial charge on any atom is 0.326 e. The quantitative estimate of drug-likeness (QED) is 0.539. The van der Waals surface area contributed by atoms with Crippen LogP contribution in [0.1, 0.15) is 13.3 Å². The van der Waals surface area contributed by atoms with Gasteiger partial charge >= 0.3 is 12.0 Å². The van der Waals surface area contributed by atoms with E-state index in [0.29, 0.717) is 0 Å². The van der Waals surface area contributed by atoms with Crippen LogP contribution in [0.5, 0.6) is 5.75 Å². The molecule has 0 aliphatic heterocycles. The predicted molar refractivity (Wildman–Crippen MR) is 73.5 cm³/mol. The number of aliphatic carboxylic acids is 1. The molecule has 0 aliphatic rings. The minimum Gasteiger partial charge on any atom is -0.495 e. The molecule has 0 radical (unpaired) electrons. The normalized spacial score (nSPS) is 11.3. The number of methoxy groups -OCH3 is 1. The Morgan fingerprint density at radius 1 is 1.48 bits per heavy atom. The van der Waals surface area contributed by atoms with Crippen LogP contribution in [0.3, 0.4) is 0 Å². The fourth-order valence-corrected chi connectivity index (χ4v) is 1.56. The van der Waals surface area contributed by atoms with Crippen molar-refractivity contribution in [3.8, 4) is 5.75 Å². The Hall–Kier alpha value is -2.84. The van der Waals surface area contributed by atoms with E-state index in [1.54, 1.807) is 6.92 Å². The van der Waals surface area contributed by atoms with Crippen LogP contribution in [0.2, 0.25) is 0 Å². The number of carboxylic acids is 1. The first-order valence-electron chi connectivity index (χ1n) is 6.01. The van der Waals surface area contributed by atoms with Crippen LogP contribution >= 0.6 is 0 Å². The Bertz CT molecular complexity index is 560. The number of urea groups is 1. The van der Waals surface area contributed by atoms with E-state index < -0.39 is 23.0 Å². The Labute approximate surface area is 120 Å². The van der Waals surface area contributed by atoms with Crippen molar-refractivity contribution >= 4 is 23.4 Å². The highest BCUT2D eigenvalue weighted by atomic mass is 16.6. The summed E-state index contributed by atoms with van der Waals surface area (Å²) in [6.45, 7) is 1.60. The largest absolute Gasteiger partial charge is 0.495 e. The first-order chi connectivity index (χ1) is 9.88. The molecule has 1 atom stereocenters. The lowest BCUT2D eigenvalue weighted by Crippen LogP contribution is -2.42. The van der Waals surface area contributed by atoms with Gasteiger partial charge in [0, 0.05) is 12.1 Å². The zero-order valence-corrected chi connectivity index (χ0v) is 11.5. The van der Waals surface area contributed by atoms with Crippen molar-refractivity contribution in [1.82, 2.24) is 5.32 Å². The van der Waals surface area contributed by atoms with Gasteiger partial charge in [0.25, 0.3) is 5.69 Å². The highest BCUT2D eigenvalue weighted by Crippen LogP contribution is 2.28. The first-order valence-corrected chi connectivity index (χ1v) is 6.01. The van der Waals surface area contributed by atoms with E-state index >= 15 is 0 Å². The molecule has 1 aromatic rings. The summed E-state index contributed by atoms with van der Waals surface area (Å²) in [7, 11) is 1.34. The van der Waals surface area contributed by atoms with Crippen LogP contribution in [0, 0.1) is 10.1 Å². The molecule has 1 rings (SSSR count). The molecule has 0 saturated carbocycles. The number of nitrogens with one attached hydrogen (secondary N) is 2. The van der Waals surface area contributed by atoms with Gasteiger partial charge in [0.2, 0.25) is 0 Å². The van der Waals surface area contributed by atoms with Gasteiger partial charge in [-0.15, -0.1) is 0 Å². The summed E-state index contributed by atoms with van der Waals surface area (Å²) < 4.78 is 4.98. The average Bonchev–Trinajstić information content (AvgIpc) is 2.44. The lowest BCUT2D eigenvalue weighted by atomic mass is 10.2. The fourth-order valence-electron chi connectivity index (χ4n) is 1.56. The minimum atomic E-state index is -1.17. The van der Waals surface area contributed by atoms with Crippen LogP contribution in [0.25, 0.3) is 0 Å². The first kappa shape index (κ1) is 16.2. The lowest BCUT2D eigenvalue weighted by Gasteiger charge is -2.14. The molecular formula is C12H15N3O6. The molecule has 0 saturated heterocycles. The molecule has 0 aliphatic carbocycles. The summed E-state index contributed by atoms with van der Waals surface area (Å²) >= 11 is 0. The summed E-state index contributed by atoms with van der Waals surface area (Å²) in [4.78, 5) is 32.6. The predicted octanol–water partition coefficient (Wildman–Crippen LogP) is 1.59. The molecule has 3 N–H and O–H groups in total. The number of non-ortho nitro benzene ring substituents is 1. The number of ether oxygens (including phenoxy) is 1. The maximum atomic E-state index is 11.7. The number of nitrogens with zero attached hydrogens (tertiary/aromatic N) is 1. The third-order valence-electron chi connectivity index (χ3n) is 2.65. The highest BCUT2D eigenvalue weighted by molar-refractivity contribution is 5.93. The van der Waals surface area contributed by atoms with Crippen molar-refractivity contribution in [2.45, 2.75) is 19.4 Å². The third kappa shape index (κ3) is 4.34. The van der Waals surface area contributed by atoms with Gasteiger partial charge in [-0.2, -0.15) is 0 Å². The molecule has 9 heteroatoms. The third-order valence-corrected chi connectivity index (χ3v) is 2.65. The van der Waals surface area contributed by atoms with Crippen molar-refractivity contribution in [3.05, 3.63) is 28.3 Å². The van der Waals surface area contributed by atoms with Gasteiger partial charge in [0.1, 0.15) is 11.8 Å². The molecule has 0 fully saturated rings. The Morgan fingerprint density at radius 2 is 2.14 bits per heavy atom. The maximum absolute atomic E-state index is 11.7. The molecule has 21 heavy (non-hydrogen) atoms. The number of nitro benzene ring substituents is 1. The van der Waals surface area contributed by atoms with Gasteiger partial charge in [0.15, 0.2) is 0 Å². The summed E-state index contributed by atoms with van der Waals surface area (Å²) in [5, 5.41) is 24.1. The van der Waals surface area contributed by atoms with Crippen molar-refractivity contribution in [3.63, 3.8) is 0 Å². The molecule has 1 aromatic carbocycles. The Balaban J connectivity index is 2.90. The Kier molecular flexibility index (Phi) is 5.47. The zero-order chi connectivity index (χ0) is 16.0. The van der Waals surface area contributed by atoms with Gasteiger partial charge in [-0.05, 0) is 12.5 Å². The number of benzene rings is 1. The van der Waals surface area contributed by atoms with Crippen LogP contribution in [0.4, 0.5) is 16.2 Å². The summed E-state index contributed by atoms with van der Waals surface area (Å²) in [5.74, 6) is -0.946. The van der Waals surface area contributed by atoms with E-state index in [1.807, 2.05) is 0 Å². The van der Waals surface area contributed by atoms with E-state index in [4.69, 9.17) is 9.84 Å². The zero-order valence-electron chi connectivity index (χ0n) is 11.5. The van der Waals surface area contributed by atoms with E-state index in [-0.39, 0.29) is 23.5 Å². The van der Waals surface area contributed by atoms with Gasteiger partial charge in [-0.25, -0.2) is 9.59 Å². The Morgan fingerprint density at radius 3 is 2.62 bits per heavy atom. The number of anilines is 1. The fraction of sp³-hybridized carbons (Fsp3) is 0.333. The standard InChI is InChI=1S/C12H15N3O6/c1-3-8(11(16)17)13-12(18)14-9-6-7(15(19)20)4-5-10(9)21-2/h4-6,8H,3H2,1-2H3,(H,16,17)(H2,13,14,18)/t8-/m1/s1. The number of carboxylic acid groups (broad SMARTS) is 1. The molecule has 2 amide bonds. The molecular weight excluding hydrogens is 282 g/mol. The second kappa shape index (κ2) is 7.08. The molecule has 9 nitrogen and oxygen atoms in total. The van der Waals surface area contributed by atoms with Gasteiger partial charge in [-0.1, -0.05) is 6.92 Å². The number of amides is 2. The van der Waals surface area contributed by atoms with Crippen LogP contribution in [0.15, 0.2) is 18.2 Å². The van der Waals surface area contributed by atoms with E-state index in [0.717, 1.165) is 6.07 Å². The van der Waals surface area contributed by atoms with Crippen LogP contribution in [-0.2, 0) is 4.79 Å². The molecule has 0 unspecified atom stereocenters. The number of hydrogen-bond donors (Lipinski definition) is 3. The van der Waals surface area contributed by atoms with Crippen molar-refractivity contribution in [2.75, 3.05) is 12.4 Å². The molecule has 0 spiro atoms. The molecule has 0 heterocycles. The summed E-state index contributed by atoms with van der Waals surface area (Å²) in [5.41, 5.74) is -0.152. The van der Waals surface area contributed by atoms with Crippen LogP contribution in [-0.4, -0.2) is 35.2 Å². The van der Waals surface area contributed by atoms with Gasteiger partial charge in [-0.3, -0.25) is 10.1 Å². The number of hydrogen-bond acceptors (Lipinski definition) is 5. The second-order valence-electron chi connectivity index (χ2n) is 4.04. The SMILES string of the molecule is CC[C@@H](NC(=O)Nc1cc([N+](=O)[O-])ccc1OC)C(=O)O. The van der Waals surface area contributed by atoms with Crippen molar-refractivity contribution in [1.29, 1.82) is 0 Å². The average molecular weight is 297 g/mol. The minimum absolute atomic E-state index is 0.0736. The van der Waals surface area contributed by atoms with Gasteiger partial charge in [0.05, 0.1) is 17.7 Å². The highest BCUT2D eigenvalue weighted by Gasteiger charge is 2.19. The van der Waals surface area contributed by atoms with E-state index in [2.05, 4.69) is 10.6 Å². The topological polar surface area (TPSA) is 131 Å². The number of nitro groups is 1. The number of carbonyl (C=O) groups excluding carboxylic acids is 1. The van der Waals surface area contributed by atoms with Crippen molar-refractivity contribution < 1.29 is 24.4 Å². The van der Waals surface area contributed by atoms with Crippen molar-refractivity contribution in [2.24, 2.45) is 0 Å². The summed E-state index contributed by atoms with van der Waals surface area (Å²) in [6, 6.07) is 1.86. The smallest absolute Gasteiger partial charge is 0.326 e. The number of carbonyl (C=O) groups is 2. The van der Waals surface area contributed by atoms with Crippen LogP contribution < -0.4 is 15.4 Å². The molecule has 0 bridgehead atoms. The van der Waals surface area contributed by atoms with Gasteiger partial charge < -0.3 is 20.5 Å². The molecule has 0 aromatic heterocycles. The monoisotopic (exact) mass is 297 g/mol. The van der Waals surface area contributed by atoms with E-state index in [1.165, 1.54) is 19.2 Å². The lowest BCUT2D eigenvalue weighted by molar-refractivity contribution is -0.384.